The van der Waals surface area contributed by atoms with E-state index in [-0.39, 0.29) is 11.6 Å². The Bertz CT molecular complexity index is 2950. The predicted molar refractivity (Wildman–Crippen MR) is 276 cm³/mol. The van der Waals surface area contributed by atoms with Crippen LogP contribution in [0.2, 0.25) is 0 Å². The van der Waals surface area contributed by atoms with Gasteiger partial charge < -0.3 is 18.9 Å². The Balaban J connectivity index is 0.000000172. The molecule has 8 nitrogen and oxygen atoms in total. The third kappa shape index (κ3) is 11.5. The van der Waals surface area contributed by atoms with Gasteiger partial charge in [-0.25, -0.2) is 18.7 Å². The van der Waals surface area contributed by atoms with Gasteiger partial charge in [0.15, 0.2) is 0 Å². The topological polar surface area (TPSA) is 67.9 Å². The summed E-state index contributed by atoms with van der Waals surface area (Å²) in [5.74, 6) is 1.42. The Morgan fingerprint density at radius 3 is 1.38 bits per heavy atom. The van der Waals surface area contributed by atoms with Gasteiger partial charge >= 0.3 is 0 Å². The Morgan fingerprint density at radius 1 is 0.507 bits per heavy atom. The molecule has 10 rings (SSSR count). The number of likely N-dealkylation sites (tertiary alicyclic amines) is 2. The molecule has 4 aromatic carbocycles. The summed E-state index contributed by atoms with van der Waals surface area (Å²) in [7, 11) is 2.15. The second-order valence-corrected chi connectivity index (χ2v) is 17.8. The smallest absolute Gasteiger partial charge is 0.135 e. The van der Waals surface area contributed by atoms with Crippen LogP contribution in [0.5, 0.6) is 0 Å². The van der Waals surface area contributed by atoms with Crippen molar-refractivity contribution < 1.29 is 8.78 Å². The molecule has 0 saturated carbocycles. The van der Waals surface area contributed by atoms with Crippen molar-refractivity contribution in [1.82, 2.24) is 38.9 Å². The molecule has 0 aliphatic carbocycles. The van der Waals surface area contributed by atoms with Crippen molar-refractivity contribution >= 4 is 12.2 Å². The van der Waals surface area contributed by atoms with E-state index in [0.717, 1.165) is 128 Å². The average molecular weight is 919 g/mol. The fraction of sp³-hybridized carbons (Fsp3) is 0.254. The van der Waals surface area contributed by atoms with Gasteiger partial charge in [0.05, 0.1) is 22.8 Å². The zero-order valence-electron chi connectivity index (χ0n) is 39.7. The number of hydrogen-bond acceptors (Lipinski definition) is 6. The zero-order valence-corrected chi connectivity index (χ0v) is 39.7. The molecule has 69 heavy (non-hydrogen) atoms. The van der Waals surface area contributed by atoms with Crippen molar-refractivity contribution in [3.63, 3.8) is 0 Å². The highest BCUT2D eigenvalue weighted by Crippen LogP contribution is 2.37. The molecule has 0 radical (unpaired) electrons. The first kappa shape index (κ1) is 46.6. The molecule has 0 unspecified atom stereocenters. The largest absolute Gasteiger partial charge is 0.378 e. The van der Waals surface area contributed by atoms with Crippen LogP contribution in [0.15, 0.2) is 170 Å². The highest BCUT2D eigenvalue weighted by molar-refractivity contribution is 5.81. The van der Waals surface area contributed by atoms with Gasteiger partial charge in [0.2, 0.25) is 0 Å². The van der Waals surface area contributed by atoms with Gasteiger partial charge in [-0.2, -0.15) is 0 Å². The van der Waals surface area contributed by atoms with Gasteiger partial charge in [-0.1, -0.05) is 60.7 Å². The van der Waals surface area contributed by atoms with E-state index in [4.69, 9.17) is 9.97 Å². The lowest BCUT2D eigenvalue weighted by Crippen LogP contribution is -2.16. The van der Waals surface area contributed by atoms with Crippen molar-refractivity contribution in [2.24, 2.45) is 0 Å². The summed E-state index contributed by atoms with van der Waals surface area (Å²) >= 11 is 0. The standard InChI is InChI=1S/C30H31FN4.C29H29FN4/c1-2-34-20-7-11-27(34)22-28-33-29(24-12-14-26(31)15-13-24)30(25-16-18-32-19-17-25)35(28)21-6-10-23-8-4-3-5-9-23;1-33-19-6-10-26(33)21-27-32-28(23-11-13-25(30)14-12-23)29(24-15-17-31-18-16-24)34(27)20-5-9-22-7-3-2-4-8-22/h3-5,8-9,12-19,22H,2,6-7,10-11,20-21H2,1H3;2-4,7-8,11-18,21H,5-6,9-10,19-20H2,1H3/b27-22+;26-21+. The Labute approximate surface area is 405 Å². The van der Waals surface area contributed by atoms with Crippen LogP contribution in [-0.2, 0) is 25.9 Å². The summed E-state index contributed by atoms with van der Waals surface area (Å²) in [5.41, 5.74) is 13.1. The monoisotopic (exact) mass is 918 g/mol. The maximum Gasteiger partial charge on any atom is 0.135 e. The van der Waals surface area contributed by atoms with E-state index in [1.165, 1.54) is 59.6 Å². The molecule has 0 amide bonds. The van der Waals surface area contributed by atoms with Gasteiger partial charge in [0, 0.05) is 110 Å². The minimum Gasteiger partial charge on any atom is -0.378 e. The molecule has 0 atom stereocenters. The normalized spacial score (nSPS) is 14.7. The lowest BCUT2D eigenvalue weighted by molar-refractivity contribution is 0.418. The quantitative estimate of drug-likeness (QED) is 0.102. The predicted octanol–water partition coefficient (Wildman–Crippen LogP) is 13.3. The second-order valence-electron chi connectivity index (χ2n) is 17.8. The number of imidazole rings is 2. The number of allylic oxidation sites excluding steroid dienone is 2. The molecule has 0 bridgehead atoms. The lowest BCUT2D eigenvalue weighted by atomic mass is 10.1. The molecule has 350 valence electrons. The summed E-state index contributed by atoms with van der Waals surface area (Å²) in [6.45, 7) is 7.05. The van der Waals surface area contributed by atoms with Crippen molar-refractivity contribution in [3.05, 3.63) is 204 Å². The maximum absolute atomic E-state index is 13.7. The van der Waals surface area contributed by atoms with E-state index in [1.807, 2.05) is 73.3 Å². The molecule has 2 saturated heterocycles. The van der Waals surface area contributed by atoms with Crippen LogP contribution in [0, 0.1) is 11.6 Å². The number of aryl methyl sites for hydroxylation is 2. The molecule has 4 aromatic heterocycles. The number of halogens is 2. The first-order chi connectivity index (χ1) is 33.9. The van der Waals surface area contributed by atoms with E-state index in [2.05, 4.69) is 116 Å². The molecule has 6 heterocycles. The highest BCUT2D eigenvalue weighted by atomic mass is 19.1. The molecular weight excluding hydrogens is 859 g/mol. The Hall–Kier alpha value is -7.46. The summed E-state index contributed by atoms with van der Waals surface area (Å²) in [6, 6.07) is 42.6. The Morgan fingerprint density at radius 2 is 0.942 bits per heavy atom. The first-order valence-corrected chi connectivity index (χ1v) is 24.4. The lowest BCUT2D eigenvalue weighted by Gasteiger charge is -2.18. The van der Waals surface area contributed by atoms with E-state index in [0.29, 0.717) is 0 Å². The third-order valence-electron chi connectivity index (χ3n) is 13.2. The Kier molecular flexibility index (Phi) is 15.2. The molecule has 0 spiro atoms. The number of benzene rings is 4. The molecule has 2 fully saturated rings. The average Bonchev–Trinajstić information content (AvgIpc) is 4.19. The third-order valence-corrected chi connectivity index (χ3v) is 13.2. The number of hydrogen-bond donors (Lipinski definition) is 0. The minimum atomic E-state index is -0.244. The van der Waals surface area contributed by atoms with Crippen LogP contribution in [0.25, 0.3) is 57.2 Å². The van der Waals surface area contributed by atoms with Crippen LogP contribution < -0.4 is 0 Å². The van der Waals surface area contributed by atoms with Gasteiger partial charge in [-0.3, -0.25) is 9.97 Å². The van der Waals surface area contributed by atoms with Crippen LogP contribution in [0.1, 0.15) is 68.2 Å². The first-order valence-electron chi connectivity index (χ1n) is 24.4. The van der Waals surface area contributed by atoms with Gasteiger partial charge in [0.1, 0.15) is 23.3 Å². The number of rotatable bonds is 15. The van der Waals surface area contributed by atoms with E-state index >= 15 is 0 Å². The molecule has 2 aliphatic rings. The van der Waals surface area contributed by atoms with Crippen LogP contribution in [-0.4, -0.2) is 65.6 Å². The maximum atomic E-state index is 13.7. The summed E-state index contributed by atoms with van der Waals surface area (Å²) in [4.78, 5) is 23.5. The highest BCUT2D eigenvalue weighted by Gasteiger charge is 2.24. The fourth-order valence-corrected chi connectivity index (χ4v) is 9.60. The van der Waals surface area contributed by atoms with E-state index in [1.54, 1.807) is 0 Å². The SMILES string of the molecule is CCN1CCC/C1=C\c1nc(-c2ccc(F)cc2)c(-c2ccncc2)n1CCCc1ccccc1.CN1CCC/C1=C\c1nc(-c2ccc(F)cc2)c(-c2ccncc2)n1CCCc1ccccc1. The van der Waals surface area contributed by atoms with Gasteiger partial charge in [-0.05, 0) is 142 Å². The number of pyridine rings is 2. The number of nitrogens with zero attached hydrogens (tertiary/aromatic N) is 8. The molecule has 2 aliphatic heterocycles. The molecule has 8 aromatic rings. The van der Waals surface area contributed by atoms with Crippen molar-refractivity contribution in [2.45, 2.75) is 71.4 Å². The molecule has 0 N–H and O–H groups in total. The second kappa shape index (κ2) is 22.6. The van der Waals surface area contributed by atoms with Gasteiger partial charge in [-0.15, -0.1) is 0 Å². The zero-order chi connectivity index (χ0) is 47.4. The van der Waals surface area contributed by atoms with E-state index in [9.17, 15) is 8.78 Å². The number of aromatic nitrogens is 6. The van der Waals surface area contributed by atoms with Crippen LogP contribution in [0.3, 0.4) is 0 Å². The molecular formula is C59H60F2N8. The van der Waals surface area contributed by atoms with Crippen molar-refractivity contribution in [1.29, 1.82) is 0 Å². The van der Waals surface area contributed by atoms with Crippen LogP contribution >= 0.6 is 0 Å². The van der Waals surface area contributed by atoms with Crippen molar-refractivity contribution in [2.75, 3.05) is 26.7 Å². The summed E-state index contributed by atoms with van der Waals surface area (Å²) < 4.78 is 32.1. The van der Waals surface area contributed by atoms with Gasteiger partial charge in [0.25, 0.3) is 0 Å². The molecule has 10 heteroatoms. The minimum absolute atomic E-state index is 0.242. The summed E-state index contributed by atoms with van der Waals surface area (Å²) in [6.07, 6.45) is 20.2. The van der Waals surface area contributed by atoms with Crippen LogP contribution in [0.4, 0.5) is 8.78 Å². The fourth-order valence-electron chi connectivity index (χ4n) is 9.60. The summed E-state index contributed by atoms with van der Waals surface area (Å²) in [5, 5.41) is 0. The van der Waals surface area contributed by atoms with E-state index < -0.39 is 0 Å². The van der Waals surface area contributed by atoms with Crippen molar-refractivity contribution in [3.8, 4) is 45.0 Å².